The Bertz CT molecular complexity index is 279. The molecule has 0 saturated carbocycles. The molecule has 0 aliphatic carbocycles. The molecule has 0 amide bonds. The minimum absolute atomic E-state index is 0.350. The molecular formula is C10H13BrN2O2. The van der Waals surface area contributed by atoms with Crippen LogP contribution in [0.2, 0.25) is 0 Å². The molecule has 0 spiro atoms. The van der Waals surface area contributed by atoms with Gasteiger partial charge in [-0.15, -0.1) is 0 Å². The highest BCUT2D eigenvalue weighted by molar-refractivity contribution is 9.09. The van der Waals surface area contributed by atoms with Crippen LogP contribution in [0.4, 0.5) is 0 Å². The van der Waals surface area contributed by atoms with Crippen molar-refractivity contribution in [3.05, 3.63) is 12.3 Å². The van der Waals surface area contributed by atoms with E-state index >= 15 is 0 Å². The molecule has 4 nitrogen and oxygen atoms in total. The fourth-order valence-corrected chi connectivity index (χ4v) is 1.74. The molecule has 15 heavy (non-hydrogen) atoms. The number of aliphatic imine (C=N–C) groups is 2. The summed E-state index contributed by atoms with van der Waals surface area (Å²) in [6, 6.07) is 0. The maximum Gasteiger partial charge on any atom is 0.239 e. The van der Waals surface area contributed by atoms with Gasteiger partial charge in [-0.3, -0.25) is 0 Å². The van der Waals surface area contributed by atoms with Gasteiger partial charge >= 0.3 is 0 Å². The van der Waals surface area contributed by atoms with Gasteiger partial charge in [0.25, 0.3) is 0 Å². The van der Waals surface area contributed by atoms with E-state index in [9.17, 15) is 9.59 Å². The number of allylic oxidation sites excluding steroid dienone is 1. The molecule has 1 atom stereocenters. The van der Waals surface area contributed by atoms with Crippen LogP contribution in [0.15, 0.2) is 22.3 Å². The fraction of sp³-hybridized carbons (Fsp3) is 0.600. The van der Waals surface area contributed by atoms with E-state index in [0.29, 0.717) is 12.5 Å². The second kappa shape index (κ2) is 11.1. The van der Waals surface area contributed by atoms with E-state index in [1.54, 1.807) is 0 Å². The van der Waals surface area contributed by atoms with Crippen molar-refractivity contribution >= 4 is 28.1 Å². The fourth-order valence-electron chi connectivity index (χ4n) is 1.15. The van der Waals surface area contributed by atoms with Gasteiger partial charge in [0.2, 0.25) is 12.2 Å². The zero-order valence-electron chi connectivity index (χ0n) is 8.36. The molecule has 0 aliphatic heterocycles. The van der Waals surface area contributed by atoms with Crippen molar-refractivity contribution in [3.8, 4) is 0 Å². The lowest BCUT2D eigenvalue weighted by Crippen LogP contribution is -1.98. The molecule has 0 aromatic carbocycles. The first-order valence-electron chi connectivity index (χ1n) is 4.68. The van der Waals surface area contributed by atoms with Crippen LogP contribution in [0.1, 0.15) is 19.3 Å². The van der Waals surface area contributed by atoms with Gasteiger partial charge in [0.15, 0.2) is 0 Å². The standard InChI is InChI=1S/C10H13BrN2O2/c11-5-3-10(4-7-13-9-15)2-1-6-12-8-14/h4,7,10H,1-3,5-6H2. The molecule has 0 radical (unpaired) electrons. The summed E-state index contributed by atoms with van der Waals surface area (Å²) >= 11 is 3.35. The highest BCUT2D eigenvalue weighted by Gasteiger charge is 2.03. The summed E-state index contributed by atoms with van der Waals surface area (Å²) in [5.41, 5.74) is 0. The first kappa shape index (κ1) is 14.0. The molecule has 0 N–H and O–H groups in total. The maximum absolute atomic E-state index is 9.83. The van der Waals surface area contributed by atoms with Crippen molar-refractivity contribution < 1.29 is 9.59 Å². The van der Waals surface area contributed by atoms with Crippen LogP contribution in [-0.2, 0) is 9.59 Å². The summed E-state index contributed by atoms with van der Waals surface area (Å²) in [6.07, 6.45) is 9.01. The van der Waals surface area contributed by atoms with E-state index in [-0.39, 0.29) is 0 Å². The Morgan fingerprint density at radius 2 is 2.07 bits per heavy atom. The predicted octanol–water partition coefficient (Wildman–Crippen LogP) is 2.35. The van der Waals surface area contributed by atoms with Crippen LogP contribution < -0.4 is 0 Å². The molecule has 0 heterocycles. The summed E-state index contributed by atoms with van der Waals surface area (Å²) < 4.78 is 0. The van der Waals surface area contributed by atoms with E-state index in [2.05, 4.69) is 25.9 Å². The number of hydrogen-bond donors (Lipinski definition) is 0. The average Bonchev–Trinajstić information content (AvgIpc) is 2.24. The lowest BCUT2D eigenvalue weighted by atomic mass is 10.0. The molecule has 5 heteroatoms. The quantitative estimate of drug-likeness (QED) is 0.295. The summed E-state index contributed by atoms with van der Waals surface area (Å²) in [7, 11) is 0. The molecule has 0 saturated heterocycles. The lowest BCUT2D eigenvalue weighted by Gasteiger charge is -2.08. The van der Waals surface area contributed by atoms with Crippen molar-refractivity contribution in [1.29, 1.82) is 0 Å². The van der Waals surface area contributed by atoms with E-state index in [1.807, 2.05) is 6.08 Å². The summed E-state index contributed by atoms with van der Waals surface area (Å²) in [4.78, 5) is 26.5. The third-order valence-electron chi connectivity index (χ3n) is 1.87. The summed E-state index contributed by atoms with van der Waals surface area (Å²) in [6.45, 7) is 0.507. The topological polar surface area (TPSA) is 58.9 Å². The van der Waals surface area contributed by atoms with Gasteiger partial charge in [-0.25, -0.2) is 14.6 Å². The number of nitrogens with zero attached hydrogens (tertiary/aromatic N) is 2. The molecule has 0 aromatic rings. The number of carbonyl (C=O) groups excluding carboxylic acids is 2. The van der Waals surface area contributed by atoms with Crippen molar-refractivity contribution in [2.45, 2.75) is 19.3 Å². The average molecular weight is 273 g/mol. The predicted molar refractivity (Wildman–Crippen MR) is 61.4 cm³/mol. The molecule has 1 unspecified atom stereocenters. The highest BCUT2D eigenvalue weighted by Crippen LogP contribution is 2.14. The van der Waals surface area contributed by atoms with Crippen LogP contribution in [0, 0.1) is 5.92 Å². The van der Waals surface area contributed by atoms with Gasteiger partial charge in [0, 0.05) is 11.5 Å². The SMILES string of the molecule is O=C=NC=CC(CCBr)CCCN=C=O. The van der Waals surface area contributed by atoms with Crippen LogP contribution in [-0.4, -0.2) is 24.0 Å². The molecule has 0 fully saturated rings. The molecule has 0 aromatic heterocycles. The van der Waals surface area contributed by atoms with Crippen LogP contribution in [0.5, 0.6) is 0 Å². The van der Waals surface area contributed by atoms with Crippen molar-refractivity contribution in [3.63, 3.8) is 0 Å². The van der Waals surface area contributed by atoms with Gasteiger partial charge in [-0.05, 0) is 25.2 Å². The molecule has 82 valence electrons. The van der Waals surface area contributed by atoms with Gasteiger partial charge < -0.3 is 0 Å². The Hall–Kier alpha value is -1.02. The first-order valence-corrected chi connectivity index (χ1v) is 5.80. The second-order valence-electron chi connectivity index (χ2n) is 2.91. The number of isocyanates is 2. The Labute approximate surface area is 97.3 Å². The minimum Gasteiger partial charge on any atom is -0.211 e. The minimum atomic E-state index is 0.350. The third-order valence-corrected chi connectivity index (χ3v) is 2.33. The summed E-state index contributed by atoms with van der Waals surface area (Å²) in [5, 5.41) is 0.893. The second-order valence-corrected chi connectivity index (χ2v) is 3.71. The lowest BCUT2D eigenvalue weighted by molar-refractivity contribution is 0.545. The normalized spacial score (nSPS) is 11.8. The third kappa shape index (κ3) is 9.29. The molecular weight excluding hydrogens is 260 g/mol. The Morgan fingerprint density at radius 3 is 2.67 bits per heavy atom. The molecule has 0 aliphatic rings. The zero-order valence-corrected chi connectivity index (χ0v) is 9.94. The largest absolute Gasteiger partial charge is 0.239 e. The van der Waals surface area contributed by atoms with Crippen LogP contribution in [0.3, 0.4) is 0 Å². The Kier molecular flexibility index (Phi) is 10.3. The highest BCUT2D eigenvalue weighted by atomic mass is 79.9. The first-order chi connectivity index (χ1) is 7.35. The van der Waals surface area contributed by atoms with Gasteiger partial charge in [0.1, 0.15) is 0 Å². The smallest absolute Gasteiger partial charge is 0.211 e. The number of alkyl halides is 1. The van der Waals surface area contributed by atoms with Crippen molar-refractivity contribution in [2.24, 2.45) is 15.9 Å². The Balaban J connectivity index is 3.91. The Morgan fingerprint density at radius 1 is 1.27 bits per heavy atom. The van der Waals surface area contributed by atoms with Crippen LogP contribution >= 0.6 is 15.9 Å². The number of halogens is 1. The van der Waals surface area contributed by atoms with E-state index in [0.717, 1.165) is 24.6 Å². The van der Waals surface area contributed by atoms with E-state index < -0.39 is 0 Å². The van der Waals surface area contributed by atoms with Gasteiger partial charge in [-0.2, -0.15) is 4.99 Å². The number of rotatable bonds is 8. The van der Waals surface area contributed by atoms with Crippen molar-refractivity contribution in [1.82, 2.24) is 0 Å². The van der Waals surface area contributed by atoms with Gasteiger partial charge in [-0.1, -0.05) is 22.0 Å². The zero-order chi connectivity index (χ0) is 11.4. The van der Waals surface area contributed by atoms with Crippen LogP contribution in [0.25, 0.3) is 0 Å². The maximum atomic E-state index is 9.83. The van der Waals surface area contributed by atoms with E-state index in [1.165, 1.54) is 18.4 Å². The molecule has 0 rings (SSSR count). The monoisotopic (exact) mass is 272 g/mol. The number of hydrogen-bond acceptors (Lipinski definition) is 4. The van der Waals surface area contributed by atoms with Gasteiger partial charge in [0.05, 0.1) is 6.54 Å². The molecule has 0 bridgehead atoms. The summed E-state index contributed by atoms with van der Waals surface area (Å²) in [5.74, 6) is 0.350. The van der Waals surface area contributed by atoms with Crippen molar-refractivity contribution in [2.75, 3.05) is 11.9 Å². The van der Waals surface area contributed by atoms with E-state index in [4.69, 9.17) is 0 Å².